The van der Waals surface area contributed by atoms with Gasteiger partial charge < -0.3 is 9.47 Å². The first-order chi connectivity index (χ1) is 15.4. The summed E-state index contributed by atoms with van der Waals surface area (Å²) >= 11 is 0. The van der Waals surface area contributed by atoms with Crippen LogP contribution in [0.2, 0.25) is 0 Å². The van der Waals surface area contributed by atoms with Crippen molar-refractivity contribution in [1.29, 1.82) is 0 Å². The van der Waals surface area contributed by atoms with E-state index in [0.717, 1.165) is 24.2 Å². The molecule has 1 aromatic heterocycles. The Labute approximate surface area is 197 Å². The summed E-state index contributed by atoms with van der Waals surface area (Å²) in [6, 6.07) is 0.308. The molecule has 1 heterocycles. The van der Waals surface area contributed by atoms with Gasteiger partial charge in [0.05, 0.1) is 11.7 Å². The predicted molar refractivity (Wildman–Crippen MR) is 127 cm³/mol. The molecule has 0 atom stereocenters. The highest BCUT2D eigenvalue weighted by molar-refractivity contribution is 5.88. The van der Waals surface area contributed by atoms with Gasteiger partial charge >= 0.3 is 12.2 Å². The van der Waals surface area contributed by atoms with Gasteiger partial charge in [0, 0.05) is 24.2 Å². The first kappa shape index (κ1) is 23.8. The highest BCUT2D eigenvalue weighted by Gasteiger charge is 2.39. The van der Waals surface area contributed by atoms with Crippen molar-refractivity contribution < 1.29 is 19.1 Å². The summed E-state index contributed by atoms with van der Waals surface area (Å²) in [4.78, 5) is 26.7. The average molecular weight is 458 g/mol. The molecule has 1 aromatic rings. The zero-order chi connectivity index (χ0) is 24.0. The van der Waals surface area contributed by atoms with Crippen molar-refractivity contribution in [2.24, 2.45) is 5.92 Å². The average Bonchev–Trinajstić information content (AvgIpc) is 3.16. The predicted octanol–water partition coefficient (Wildman–Crippen LogP) is 6.45. The molecule has 3 aliphatic carbocycles. The number of rotatable bonds is 5. The molecule has 0 N–H and O–H groups in total. The number of ether oxygens (including phenoxy) is 2. The Balaban J connectivity index is 1.41. The fraction of sp³-hybridized carbons (Fsp3) is 0.731. The van der Waals surface area contributed by atoms with E-state index in [1.807, 2.05) is 0 Å². The van der Waals surface area contributed by atoms with Gasteiger partial charge in [-0.3, -0.25) is 4.68 Å². The molecule has 182 valence electrons. The van der Waals surface area contributed by atoms with E-state index in [9.17, 15) is 9.59 Å². The molecule has 2 fully saturated rings. The van der Waals surface area contributed by atoms with E-state index < -0.39 is 23.4 Å². The smallest absolute Gasteiger partial charge is 0.419 e. The van der Waals surface area contributed by atoms with E-state index in [0.29, 0.717) is 18.5 Å². The van der Waals surface area contributed by atoms with Crippen LogP contribution in [0.4, 0.5) is 9.59 Å². The molecule has 2 amide bonds. The Bertz CT molecular complexity index is 896. The minimum Gasteiger partial charge on any atom is -0.443 e. The Hall–Kier alpha value is -2.31. The third-order valence-electron chi connectivity index (χ3n) is 6.36. The van der Waals surface area contributed by atoms with Gasteiger partial charge in [-0.05, 0) is 98.0 Å². The zero-order valence-electron chi connectivity index (χ0n) is 21.0. The van der Waals surface area contributed by atoms with Crippen LogP contribution in [0.25, 0.3) is 5.57 Å². The number of nitrogens with zero attached hydrogens (tertiary/aromatic N) is 3. The summed E-state index contributed by atoms with van der Waals surface area (Å²) in [5.74, 6) is 0.825. The maximum atomic E-state index is 12.8. The van der Waals surface area contributed by atoms with Gasteiger partial charge in [0.2, 0.25) is 0 Å². The molecule has 0 bridgehead atoms. The lowest BCUT2D eigenvalue weighted by Gasteiger charge is -2.38. The fourth-order valence-corrected chi connectivity index (χ4v) is 4.60. The van der Waals surface area contributed by atoms with E-state index in [1.165, 1.54) is 42.5 Å². The standard InChI is InChI=1S/C26H39N3O4/c1-25(2,3)32-23(30)28(24(31)33-26(4,5)6)15-17-13-20(14-17)29-16-21(18-9-7-8-10-18)22(27-29)19-11-12-19/h9,16-17,19-20H,7-8,10-15H2,1-6H3. The van der Waals surface area contributed by atoms with Gasteiger partial charge in [0.1, 0.15) is 11.2 Å². The maximum Gasteiger partial charge on any atom is 0.419 e. The lowest BCUT2D eigenvalue weighted by Crippen LogP contribution is -2.47. The molecule has 4 rings (SSSR count). The maximum absolute atomic E-state index is 12.8. The minimum atomic E-state index is -0.681. The van der Waals surface area contributed by atoms with Crippen LogP contribution in [-0.2, 0) is 9.47 Å². The first-order valence-corrected chi connectivity index (χ1v) is 12.4. The Morgan fingerprint density at radius 2 is 1.67 bits per heavy atom. The molecule has 0 unspecified atom stereocenters. The lowest BCUT2D eigenvalue weighted by molar-refractivity contribution is -0.00641. The number of aromatic nitrogens is 2. The van der Waals surface area contributed by atoms with Gasteiger partial charge in [-0.15, -0.1) is 0 Å². The van der Waals surface area contributed by atoms with Crippen molar-refractivity contribution in [2.75, 3.05) is 6.54 Å². The van der Waals surface area contributed by atoms with Crippen LogP contribution >= 0.6 is 0 Å². The number of hydrogen-bond donors (Lipinski definition) is 0. The summed E-state index contributed by atoms with van der Waals surface area (Å²) < 4.78 is 13.1. The summed E-state index contributed by atoms with van der Waals surface area (Å²) in [6.45, 7) is 11.1. The fourth-order valence-electron chi connectivity index (χ4n) is 4.60. The van der Waals surface area contributed by atoms with Gasteiger partial charge in [0.25, 0.3) is 0 Å². The molecule has 0 aliphatic heterocycles. The minimum absolute atomic E-state index is 0.206. The molecule has 7 heteroatoms. The van der Waals surface area contributed by atoms with Crippen molar-refractivity contribution in [3.63, 3.8) is 0 Å². The molecule has 3 aliphatic rings. The molecular formula is C26H39N3O4. The highest BCUT2D eigenvalue weighted by atomic mass is 16.6. The van der Waals surface area contributed by atoms with Crippen molar-refractivity contribution in [3.8, 4) is 0 Å². The number of allylic oxidation sites excluding steroid dienone is 2. The van der Waals surface area contributed by atoms with Gasteiger partial charge in [-0.2, -0.15) is 5.10 Å². The second-order valence-electron chi connectivity index (χ2n) is 11.9. The molecule has 0 aromatic carbocycles. The summed E-state index contributed by atoms with van der Waals surface area (Å²) in [5.41, 5.74) is 2.72. The van der Waals surface area contributed by atoms with E-state index in [-0.39, 0.29) is 5.92 Å². The second-order valence-corrected chi connectivity index (χ2v) is 11.9. The van der Waals surface area contributed by atoms with Crippen LogP contribution in [-0.4, -0.2) is 44.6 Å². The molecule has 2 saturated carbocycles. The van der Waals surface area contributed by atoms with E-state index in [4.69, 9.17) is 14.6 Å². The van der Waals surface area contributed by atoms with Crippen LogP contribution in [0, 0.1) is 5.92 Å². The zero-order valence-corrected chi connectivity index (χ0v) is 21.0. The van der Waals surface area contributed by atoms with Crippen molar-refractivity contribution in [1.82, 2.24) is 14.7 Å². The Morgan fingerprint density at radius 1 is 1.06 bits per heavy atom. The highest BCUT2D eigenvalue weighted by Crippen LogP contribution is 2.46. The number of amides is 2. The number of carbonyl (C=O) groups is 2. The van der Waals surface area contributed by atoms with E-state index in [1.54, 1.807) is 41.5 Å². The molecule has 7 nitrogen and oxygen atoms in total. The van der Waals surface area contributed by atoms with Gasteiger partial charge in [-0.25, -0.2) is 14.5 Å². The topological polar surface area (TPSA) is 73.7 Å². The van der Waals surface area contributed by atoms with Crippen molar-refractivity contribution in [3.05, 3.63) is 23.5 Å². The van der Waals surface area contributed by atoms with Crippen LogP contribution in [0.1, 0.15) is 110 Å². The van der Waals surface area contributed by atoms with Gasteiger partial charge in [0.15, 0.2) is 0 Å². The van der Waals surface area contributed by atoms with Crippen LogP contribution < -0.4 is 0 Å². The first-order valence-electron chi connectivity index (χ1n) is 12.4. The van der Waals surface area contributed by atoms with E-state index >= 15 is 0 Å². The third-order valence-corrected chi connectivity index (χ3v) is 6.36. The number of hydrogen-bond acceptors (Lipinski definition) is 5. The summed E-state index contributed by atoms with van der Waals surface area (Å²) in [6.07, 6.45) is 11.1. The molecule has 0 saturated heterocycles. The van der Waals surface area contributed by atoms with Gasteiger partial charge in [-0.1, -0.05) is 6.08 Å². The monoisotopic (exact) mass is 457 g/mol. The quantitative estimate of drug-likeness (QED) is 0.508. The second kappa shape index (κ2) is 8.80. The number of carbonyl (C=O) groups excluding carboxylic acids is 2. The van der Waals surface area contributed by atoms with E-state index in [2.05, 4.69) is 17.0 Å². The Kier molecular flexibility index (Phi) is 6.36. The van der Waals surface area contributed by atoms with Crippen LogP contribution in [0.5, 0.6) is 0 Å². The van der Waals surface area contributed by atoms with Crippen molar-refractivity contribution in [2.45, 2.75) is 110 Å². The SMILES string of the molecule is CC(C)(C)OC(=O)N(CC1CC(n2cc(C3=CCCC3)c(C3CC3)n2)C1)C(=O)OC(C)(C)C. The third kappa shape index (κ3) is 5.98. The van der Waals surface area contributed by atoms with Crippen molar-refractivity contribution >= 4 is 17.8 Å². The molecule has 0 spiro atoms. The normalized spacial score (nSPS) is 23.0. The number of imide groups is 1. The molecule has 33 heavy (non-hydrogen) atoms. The lowest BCUT2D eigenvalue weighted by atomic mass is 9.80. The molecular weight excluding hydrogens is 418 g/mol. The van der Waals surface area contributed by atoms with Crippen LogP contribution in [0.3, 0.4) is 0 Å². The summed E-state index contributed by atoms with van der Waals surface area (Å²) in [5, 5.41) is 5.00. The Morgan fingerprint density at radius 3 is 2.15 bits per heavy atom. The molecule has 0 radical (unpaired) electrons. The largest absolute Gasteiger partial charge is 0.443 e. The summed E-state index contributed by atoms with van der Waals surface area (Å²) in [7, 11) is 0. The van der Waals surface area contributed by atoms with Crippen LogP contribution in [0.15, 0.2) is 12.3 Å².